The topological polar surface area (TPSA) is 41.4 Å². The van der Waals surface area contributed by atoms with Gasteiger partial charge in [0, 0.05) is 43.5 Å². The first-order chi connectivity index (χ1) is 11.6. The van der Waals surface area contributed by atoms with Crippen molar-refractivity contribution in [1.82, 2.24) is 15.2 Å². The minimum atomic E-state index is -0.476. The van der Waals surface area contributed by atoms with E-state index in [9.17, 15) is 8.78 Å². The lowest BCUT2D eigenvalue weighted by Crippen LogP contribution is -2.39. The molecule has 1 aromatic heterocycles. The number of nitrogens with one attached hydrogen (secondary N) is 2. The van der Waals surface area contributed by atoms with Gasteiger partial charge in [0.25, 0.3) is 0 Å². The van der Waals surface area contributed by atoms with Gasteiger partial charge in [0.2, 0.25) is 0 Å². The molecule has 128 valence electrons. The lowest BCUT2D eigenvalue weighted by atomic mass is 10.1. The van der Waals surface area contributed by atoms with Crippen molar-refractivity contribution < 1.29 is 8.78 Å². The molecule has 2 aromatic rings. The number of nitrogens with zero attached hydrogens (tertiary/aromatic N) is 2. The number of aryl methyl sites for hydroxylation is 1. The van der Waals surface area contributed by atoms with E-state index < -0.39 is 11.6 Å². The Morgan fingerprint density at radius 2 is 2.04 bits per heavy atom. The van der Waals surface area contributed by atoms with E-state index in [4.69, 9.17) is 0 Å². The van der Waals surface area contributed by atoms with Gasteiger partial charge < -0.3 is 15.2 Å². The maximum absolute atomic E-state index is 13.9. The van der Waals surface area contributed by atoms with Crippen LogP contribution in [-0.4, -0.2) is 23.1 Å². The summed E-state index contributed by atoms with van der Waals surface area (Å²) in [6, 6.07) is 6.03. The standard InChI is InChI=1S/C18H22F2N4/c1-3-21-18(22-10-12-7-8-24(2)11-12)23-16-9-13(16)17-14(19)5-4-6-15(17)20/h4-8,11,13,16H,3,9-10H2,1-2H3,(H2,21,22,23). The average Bonchev–Trinajstić information content (AvgIpc) is 3.15. The van der Waals surface area contributed by atoms with Crippen molar-refractivity contribution >= 4 is 5.96 Å². The van der Waals surface area contributed by atoms with Gasteiger partial charge in [-0.25, -0.2) is 13.8 Å². The second-order valence-corrected chi connectivity index (χ2v) is 6.11. The fraction of sp³-hybridized carbons (Fsp3) is 0.389. The van der Waals surface area contributed by atoms with E-state index in [-0.39, 0.29) is 17.5 Å². The van der Waals surface area contributed by atoms with Crippen LogP contribution in [0.4, 0.5) is 8.78 Å². The van der Waals surface area contributed by atoms with Gasteiger partial charge in [-0.3, -0.25) is 0 Å². The molecule has 1 heterocycles. The Bertz CT molecular complexity index is 718. The molecule has 4 nitrogen and oxygen atoms in total. The summed E-state index contributed by atoms with van der Waals surface area (Å²) in [5.74, 6) is -0.427. The summed E-state index contributed by atoms with van der Waals surface area (Å²) >= 11 is 0. The van der Waals surface area contributed by atoms with Crippen LogP contribution in [0.3, 0.4) is 0 Å². The SMILES string of the molecule is CCNC(=NCc1ccn(C)c1)NC1CC1c1c(F)cccc1F. The number of halogens is 2. The first-order valence-electron chi connectivity index (χ1n) is 8.18. The van der Waals surface area contributed by atoms with Crippen LogP contribution in [0, 0.1) is 11.6 Å². The molecule has 0 bridgehead atoms. The summed E-state index contributed by atoms with van der Waals surface area (Å²) in [5, 5.41) is 6.45. The molecule has 1 saturated carbocycles. The molecule has 0 spiro atoms. The predicted molar refractivity (Wildman–Crippen MR) is 90.9 cm³/mol. The summed E-state index contributed by atoms with van der Waals surface area (Å²) in [5.41, 5.74) is 1.29. The Balaban J connectivity index is 1.65. The third-order valence-corrected chi connectivity index (χ3v) is 4.14. The minimum absolute atomic E-state index is 0.00460. The smallest absolute Gasteiger partial charge is 0.191 e. The van der Waals surface area contributed by atoms with Crippen LogP contribution in [0.1, 0.15) is 30.4 Å². The lowest BCUT2D eigenvalue weighted by Gasteiger charge is -2.11. The van der Waals surface area contributed by atoms with Crippen LogP contribution in [0.15, 0.2) is 41.7 Å². The van der Waals surface area contributed by atoms with Crippen molar-refractivity contribution in [3.8, 4) is 0 Å². The predicted octanol–water partition coefficient (Wildman–Crippen LogP) is 2.91. The zero-order valence-electron chi connectivity index (χ0n) is 13.9. The number of hydrogen-bond donors (Lipinski definition) is 2. The van der Waals surface area contributed by atoms with E-state index in [1.807, 2.05) is 37.0 Å². The van der Waals surface area contributed by atoms with Crippen LogP contribution < -0.4 is 10.6 Å². The van der Waals surface area contributed by atoms with Crippen molar-refractivity contribution in [2.75, 3.05) is 6.54 Å². The monoisotopic (exact) mass is 332 g/mol. The van der Waals surface area contributed by atoms with Crippen molar-refractivity contribution in [1.29, 1.82) is 0 Å². The van der Waals surface area contributed by atoms with Crippen molar-refractivity contribution in [2.24, 2.45) is 12.0 Å². The van der Waals surface area contributed by atoms with Gasteiger partial charge in [-0.15, -0.1) is 0 Å². The highest BCUT2D eigenvalue weighted by Crippen LogP contribution is 2.43. The first-order valence-corrected chi connectivity index (χ1v) is 8.18. The zero-order valence-corrected chi connectivity index (χ0v) is 13.9. The van der Waals surface area contributed by atoms with Gasteiger partial charge in [0.15, 0.2) is 5.96 Å². The van der Waals surface area contributed by atoms with E-state index in [0.717, 1.165) is 12.1 Å². The molecule has 1 aliphatic rings. The molecule has 2 atom stereocenters. The number of hydrogen-bond acceptors (Lipinski definition) is 1. The van der Waals surface area contributed by atoms with Crippen LogP contribution >= 0.6 is 0 Å². The Hall–Kier alpha value is -2.37. The number of benzene rings is 1. The fourth-order valence-corrected chi connectivity index (χ4v) is 2.86. The maximum Gasteiger partial charge on any atom is 0.191 e. The van der Waals surface area contributed by atoms with E-state index in [1.165, 1.54) is 18.2 Å². The first kappa shape index (κ1) is 16.5. The third-order valence-electron chi connectivity index (χ3n) is 4.14. The van der Waals surface area contributed by atoms with Gasteiger partial charge >= 0.3 is 0 Å². The molecule has 1 fully saturated rings. The molecule has 2 N–H and O–H groups in total. The Labute approximate surface area is 140 Å². The minimum Gasteiger partial charge on any atom is -0.357 e. The third kappa shape index (κ3) is 3.75. The summed E-state index contributed by atoms with van der Waals surface area (Å²) < 4.78 is 29.7. The molecular formula is C18H22F2N4. The normalized spacial score (nSPS) is 20.1. The number of aliphatic imine (C=N–C) groups is 1. The quantitative estimate of drug-likeness (QED) is 0.653. The summed E-state index contributed by atoms with van der Waals surface area (Å²) in [7, 11) is 1.97. The van der Waals surface area contributed by atoms with E-state index in [0.29, 0.717) is 18.9 Å². The Morgan fingerprint density at radius 3 is 2.67 bits per heavy atom. The molecule has 2 unspecified atom stereocenters. The molecule has 1 aliphatic carbocycles. The van der Waals surface area contributed by atoms with E-state index >= 15 is 0 Å². The largest absolute Gasteiger partial charge is 0.357 e. The van der Waals surface area contributed by atoms with Crippen LogP contribution in [-0.2, 0) is 13.6 Å². The summed E-state index contributed by atoms with van der Waals surface area (Å²) in [4.78, 5) is 4.54. The second kappa shape index (κ2) is 7.03. The molecular weight excluding hydrogens is 310 g/mol. The highest BCUT2D eigenvalue weighted by atomic mass is 19.1. The van der Waals surface area contributed by atoms with Crippen molar-refractivity contribution in [3.05, 3.63) is 59.4 Å². The van der Waals surface area contributed by atoms with Crippen LogP contribution in [0.25, 0.3) is 0 Å². The molecule has 6 heteroatoms. The van der Waals surface area contributed by atoms with Gasteiger partial charge in [-0.05, 0) is 37.1 Å². The lowest BCUT2D eigenvalue weighted by molar-refractivity contribution is 0.553. The van der Waals surface area contributed by atoms with Gasteiger partial charge in [-0.1, -0.05) is 6.07 Å². The fourth-order valence-electron chi connectivity index (χ4n) is 2.86. The van der Waals surface area contributed by atoms with Gasteiger partial charge in [0.1, 0.15) is 11.6 Å². The summed E-state index contributed by atoms with van der Waals surface area (Å²) in [6.07, 6.45) is 4.69. The highest BCUT2D eigenvalue weighted by Gasteiger charge is 2.42. The number of aromatic nitrogens is 1. The molecule has 1 aromatic carbocycles. The van der Waals surface area contributed by atoms with Crippen LogP contribution in [0.2, 0.25) is 0 Å². The van der Waals surface area contributed by atoms with Crippen molar-refractivity contribution in [2.45, 2.75) is 31.8 Å². The molecule has 24 heavy (non-hydrogen) atoms. The van der Waals surface area contributed by atoms with Gasteiger partial charge in [-0.2, -0.15) is 0 Å². The zero-order chi connectivity index (χ0) is 17.1. The van der Waals surface area contributed by atoms with E-state index in [1.54, 1.807) is 0 Å². The van der Waals surface area contributed by atoms with E-state index in [2.05, 4.69) is 15.6 Å². The maximum atomic E-state index is 13.9. The number of guanidine groups is 1. The molecule has 3 rings (SSSR count). The highest BCUT2D eigenvalue weighted by molar-refractivity contribution is 5.80. The van der Waals surface area contributed by atoms with Crippen LogP contribution in [0.5, 0.6) is 0 Å². The molecule has 0 aliphatic heterocycles. The molecule has 0 radical (unpaired) electrons. The Morgan fingerprint density at radius 1 is 1.29 bits per heavy atom. The Kier molecular flexibility index (Phi) is 4.83. The average molecular weight is 332 g/mol. The van der Waals surface area contributed by atoms with Gasteiger partial charge in [0.05, 0.1) is 6.54 Å². The van der Waals surface area contributed by atoms with Crippen molar-refractivity contribution in [3.63, 3.8) is 0 Å². The second-order valence-electron chi connectivity index (χ2n) is 6.11. The summed E-state index contributed by atoms with van der Waals surface area (Å²) in [6.45, 7) is 3.27. The molecule has 0 saturated heterocycles. The number of rotatable bonds is 5. The molecule has 0 amide bonds.